The second-order valence-electron chi connectivity index (χ2n) is 6.21. The number of rotatable bonds is 4. The summed E-state index contributed by atoms with van der Waals surface area (Å²) < 4.78 is 0.984. The third-order valence-electron chi connectivity index (χ3n) is 3.95. The highest BCUT2D eigenvalue weighted by atomic mass is 35.5. The molecule has 140 valence electrons. The van der Waals surface area contributed by atoms with Crippen molar-refractivity contribution in [1.82, 2.24) is 25.0 Å². The minimum atomic E-state index is -0.703. The zero-order chi connectivity index (χ0) is 19.7. The fourth-order valence-corrected chi connectivity index (χ4v) is 3.19. The van der Waals surface area contributed by atoms with Gasteiger partial charge in [0.05, 0.1) is 11.4 Å². The first kappa shape index (κ1) is 19.1. The molecule has 2 N–H and O–H groups in total. The molecule has 0 bridgehead atoms. The Bertz CT molecular complexity index is 1160. The number of aromatic nitrogens is 5. The van der Waals surface area contributed by atoms with Gasteiger partial charge in [0.2, 0.25) is 0 Å². The smallest absolute Gasteiger partial charge is 0.271 e. The maximum atomic E-state index is 11.9. The van der Waals surface area contributed by atoms with Crippen molar-refractivity contribution in [3.05, 3.63) is 82.5 Å². The lowest BCUT2D eigenvalue weighted by Crippen LogP contribution is -2.30. The van der Waals surface area contributed by atoms with E-state index in [1.165, 1.54) is 12.1 Å². The SMILES string of the molecule is CC(C)c1cc(Cc2c(Cl)cc(-n3ncc(=O)[nH]c3=O)cc2Cl)n[nH]c1=O. The van der Waals surface area contributed by atoms with E-state index in [2.05, 4.69) is 20.3 Å². The lowest BCUT2D eigenvalue weighted by Gasteiger charge is -2.11. The number of hydrogen-bond acceptors (Lipinski definition) is 5. The number of hydrogen-bond donors (Lipinski definition) is 2. The molecule has 0 saturated carbocycles. The van der Waals surface area contributed by atoms with Gasteiger partial charge in [-0.2, -0.15) is 14.9 Å². The van der Waals surface area contributed by atoms with Crippen molar-refractivity contribution in [3.63, 3.8) is 0 Å². The summed E-state index contributed by atoms with van der Waals surface area (Å²) in [5.74, 6) is 0.0435. The van der Waals surface area contributed by atoms with E-state index in [9.17, 15) is 14.4 Å². The van der Waals surface area contributed by atoms with Crippen LogP contribution < -0.4 is 16.8 Å². The van der Waals surface area contributed by atoms with Crippen molar-refractivity contribution in [2.24, 2.45) is 0 Å². The summed E-state index contributed by atoms with van der Waals surface area (Å²) in [6.45, 7) is 3.83. The molecule has 0 amide bonds. The number of nitrogens with zero attached hydrogens (tertiary/aromatic N) is 3. The first-order valence-electron chi connectivity index (χ1n) is 8.01. The Labute approximate surface area is 162 Å². The van der Waals surface area contributed by atoms with E-state index in [1.54, 1.807) is 6.07 Å². The molecular formula is C17H15Cl2N5O3. The molecule has 27 heavy (non-hydrogen) atoms. The van der Waals surface area contributed by atoms with E-state index < -0.39 is 11.2 Å². The number of halogens is 2. The van der Waals surface area contributed by atoms with Crippen molar-refractivity contribution >= 4 is 23.2 Å². The van der Waals surface area contributed by atoms with Gasteiger partial charge in [-0.15, -0.1) is 0 Å². The van der Waals surface area contributed by atoms with Crippen LogP contribution in [0.2, 0.25) is 10.0 Å². The van der Waals surface area contributed by atoms with Crippen molar-refractivity contribution < 1.29 is 0 Å². The highest BCUT2D eigenvalue weighted by Crippen LogP contribution is 2.29. The molecule has 2 heterocycles. The maximum Gasteiger partial charge on any atom is 0.349 e. The number of aromatic amines is 2. The van der Waals surface area contributed by atoms with Crippen LogP contribution in [0.25, 0.3) is 5.69 Å². The number of benzene rings is 1. The van der Waals surface area contributed by atoms with Crippen LogP contribution in [0.3, 0.4) is 0 Å². The molecule has 1 aromatic carbocycles. The lowest BCUT2D eigenvalue weighted by atomic mass is 10.0. The van der Waals surface area contributed by atoms with Gasteiger partial charge in [0.15, 0.2) is 0 Å². The van der Waals surface area contributed by atoms with E-state index in [0.29, 0.717) is 39.0 Å². The standard InChI is InChI=1S/C17H15Cl2N5O3/c1-8(2)11-3-9(22-23-16(11)26)4-12-13(18)5-10(6-14(12)19)24-17(27)21-15(25)7-20-24/h3,5-8H,4H2,1-2H3,(H,23,26)(H,21,25,27). The Hall–Kier alpha value is -2.71. The van der Waals surface area contributed by atoms with Crippen molar-refractivity contribution in [2.75, 3.05) is 0 Å². The molecule has 10 heteroatoms. The molecule has 0 aliphatic heterocycles. The summed E-state index contributed by atoms with van der Waals surface area (Å²) in [7, 11) is 0. The molecule has 0 radical (unpaired) electrons. The van der Waals surface area contributed by atoms with Gasteiger partial charge in [-0.1, -0.05) is 37.0 Å². The summed E-state index contributed by atoms with van der Waals surface area (Å²) in [5, 5.41) is 10.9. The van der Waals surface area contributed by atoms with Gasteiger partial charge in [0, 0.05) is 22.0 Å². The molecule has 0 aliphatic carbocycles. The minimum Gasteiger partial charge on any atom is -0.271 e. The van der Waals surface area contributed by atoms with E-state index >= 15 is 0 Å². The maximum absolute atomic E-state index is 11.9. The molecule has 8 nitrogen and oxygen atoms in total. The van der Waals surface area contributed by atoms with Crippen molar-refractivity contribution in [2.45, 2.75) is 26.2 Å². The third kappa shape index (κ3) is 4.01. The second kappa shape index (κ2) is 7.50. The zero-order valence-electron chi connectivity index (χ0n) is 14.4. The third-order valence-corrected chi connectivity index (χ3v) is 4.62. The molecular weight excluding hydrogens is 393 g/mol. The average molecular weight is 408 g/mol. The summed E-state index contributed by atoms with van der Waals surface area (Å²) >= 11 is 12.7. The van der Waals surface area contributed by atoms with Gasteiger partial charge in [-0.25, -0.2) is 9.89 Å². The quantitative estimate of drug-likeness (QED) is 0.686. The number of nitrogens with one attached hydrogen (secondary N) is 2. The van der Waals surface area contributed by atoms with E-state index in [4.69, 9.17) is 23.2 Å². The Morgan fingerprint density at radius 2 is 1.78 bits per heavy atom. The van der Waals surface area contributed by atoms with Crippen LogP contribution in [0.15, 0.2) is 38.8 Å². The Morgan fingerprint density at radius 1 is 1.11 bits per heavy atom. The van der Waals surface area contributed by atoms with Crippen LogP contribution in [0.1, 0.15) is 36.6 Å². The van der Waals surface area contributed by atoms with E-state index in [0.717, 1.165) is 10.9 Å². The van der Waals surface area contributed by atoms with Crippen LogP contribution in [0.5, 0.6) is 0 Å². The van der Waals surface area contributed by atoms with Crippen LogP contribution in [-0.2, 0) is 6.42 Å². The minimum absolute atomic E-state index is 0.0435. The first-order valence-corrected chi connectivity index (χ1v) is 8.77. The Balaban J connectivity index is 2.01. The zero-order valence-corrected chi connectivity index (χ0v) is 15.9. The molecule has 0 unspecified atom stereocenters. The summed E-state index contributed by atoms with van der Waals surface area (Å²) in [4.78, 5) is 37.0. The van der Waals surface area contributed by atoms with Gasteiger partial charge in [0.1, 0.15) is 6.20 Å². The molecule has 0 aliphatic rings. The normalized spacial score (nSPS) is 11.1. The highest BCUT2D eigenvalue weighted by molar-refractivity contribution is 6.36. The van der Waals surface area contributed by atoms with Crippen LogP contribution >= 0.6 is 23.2 Å². The molecule has 0 spiro atoms. The fourth-order valence-electron chi connectivity index (χ4n) is 2.58. The van der Waals surface area contributed by atoms with Crippen molar-refractivity contribution in [1.29, 1.82) is 0 Å². The van der Waals surface area contributed by atoms with Gasteiger partial charge >= 0.3 is 5.69 Å². The second-order valence-corrected chi connectivity index (χ2v) is 7.03. The summed E-state index contributed by atoms with van der Waals surface area (Å²) in [6, 6.07) is 4.76. The molecule has 2 aromatic heterocycles. The number of H-pyrrole nitrogens is 2. The topological polar surface area (TPSA) is 114 Å². The fraction of sp³-hybridized carbons (Fsp3) is 0.235. The van der Waals surface area contributed by atoms with Gasteiger partial charge in [-0.3, -0.25) is 14.6 Å². The van der Waals surface area contributed by atoms with Gasteiger partial charge in [0.25, 0.3) is 11.1 Å². The molecule has 3 rings (SSSR count). The summed E-state index contributed by atoms with van der Waals surface area (Å²) in [5.41, 5.74) is 0.592. The van der Waals surface area contributed by atoms with Crippen molar-refractivity contribution in [3.8, 4) is 5.69 Å². The molecule has 0 fully saturated rings. The first-order chi connectivity index (χ1) is 12.8. The van der Waals surface area contributed by atoms with Gasteiger partial charge in [-0.05, 0) is 29.7 Å². The Kier molecular flexibility index (Phi) is 5.29. The molecule has 0 saturated heterocycles. The summed E-state index contributed by atoms with van der Waals surface area (Å²) in [6.07, 6.45) is 1.27. The predicted molar refractivity (Wildman–Crippen MR) is 102 cm³/mol. The monoisotopic (exact) mass is 407 g/mol. The van der Waals surface area contributed by atoms with Crippen LogP contribution in [-0.4, -0.2) is 25.0 Å². The van der Waals surface area contributed by atoms with Gasteiger partial charge < -0.3 is 0 Å². The van der Waals surface area contributed by atoms with Crippen LogP contribution in [0, 0.1) is 0 Å². The predicted octanol–water partition coefficient (Wildman–Crippen LogP) is 2.03. The largest absolute Gasteiger partial charge is 0.349 e. The molecule has 3 aromatic rings. The van der Waals surface area contributed by atoms with E-state index in [1.807, 2.05) is 13.8 Å². The average Bonchev–Trinajstić information content (AvgIpc) is 2.59. The highest BCUT2D eigenvalue weighted by Gasteiger charge is 2.14. The lowest BCUT2D eigenvalue weighted by molar-refractivity contribution is 0.749. The van der Waals surface area contributed by atoms with Crippen LogP contribution in [0.4, 0.5) is 0 Å². The Morgan fingerprint density at radius 3 is 2.37 bits per heavy atom. The van der Waals surface area contributed by atoms with E-state index in [-0.39, 0.29) is 11.5 Å². The molecule has 0 atom stereocenters.